The summed E-state index contributed by atoms with van der Waals surface area (Å²) in [5.41, 5.74) is 7.17. The molecule has 5 nitrogen and oxygen atoms in total. The van der Waals surface area contributed by atoms with Gasteiger partial charge in [-0.25, -0.2) is 0 Å². The number of amides is 1. The Labute approximate surface area is 165 Å². The van der Waals surface area contributed by atoms with E-state index >= 15 is 0 Å². The lowest BCUT2D eigenvalue weighted by Crippen LogP contribution is -2.36. The molecular formula is C23H26N2O3. The lowest BCUT2D eigenvalue weighted by Gasteiger charge is -2.30. The number of morpholine rings is 1. The Morgan fingerprint density at radius 3 is 2.64 bits per heavy atom. The number of carbonyl (C=O) groups excluding carboxylic acids is 1. The molecule has 2 aromatic carbocycles. The van der Waals surface area contributed by atoms with Crippen molar-refractivity contribution < 1.29 is 13.9 Å². The number of rotatable bonds is 4. The van der Waals surface area contributed by atoms with Crippen LogP contribution in [0.25, 0.3) is 11.0 Å². The van der Waals surface area contributed by atoms with Crippen LogP contribution in [-0.4, -0.2) is 32.2 Å². The van der Waals surface area contributed by atoms with E-state index < -0.39 is 0 Å². The minimum Gasteiger partial charge on any atom is -0.464 e. The van der Waals surface area contributed by atoms with Crippen LogP contribution in [0.1, 0.15) is 22.3 Å². The molecule has 3 aromatic rings. The van der Waals surface area contributed by atoms with Gasteiger partial charge in [0.05, 0.1) is 37.3 Å². The first-order valence-electron chi connectivity index (χ1n) is 9.73. The number of nitrogens with zero attached hydrogens (tertiary/aromatic N) is 1. The Morgan fingerprint density at radius 2 is 1.86 bits per heavy atom. The number of hydrogen-bond donors (Lipinski definition) is 1. The Kier molecular flexibility index (Phi) is 5.09. The monoisotopic (exact) mass is 378 g/mol. The molecule has 0 aliphatic carbocycles. The van der Waals surface area contributed by atoms with Crippen LogP contribution in [0.3, 0.4) is 0 Å². The second-order valence-electron chi connectivity index (χ2n) is 7.44. The van der Waals surface area contributed by atoms with Gasteiger partial charge in [-0.15, -0.1) is 0 Å². The molecule has 1 aromatic heterocycles. The molecule has 0 atom stereocenters. The highest BCUT2D eigenvalue weighted by Crippen LogP contribution is 2.31. The van der Waals surface area contributed by atoms with Crippen LogP contribution in [-0.2, 0) is 16.0 Å². The summed E-state index contributed by atoms with van der Waals surface area (Å²) in [6.07, 6.45) is 2.01. The van der Waals surface area contributed by atoms with E-state index in [2.05, 4.69) is 37.1 Å². The predicted octanol–water partition coefficient (Wildman–Crippen LogP) is 4.38. The van der Waals surface area contributed by atoms with Gasteiger partial charge >= 0.3 is 0 Å². The molecule has 5 heteroatoms. The van der Waals surface area contributed by atoms with E-state index in [1.807, 2.05) is 24.3 Å². The number of para-hydroxylation sites is 2. The molecule has 28 heavy (non-hydrogen) atoms. The number of aryl methyl sites for hydroxylation is 3. The van der Waals surface area contributed by atoms with Crippen LogP contribution in [0.2, 0.25) is 0 Å². The Balaban J connectivity index is 1.56. The second kappa shape index (κ2) is 7.68. The minimum absolute atomic E-state index is 0.0407. The first kappa shape index (κ1) is 18.6. The topological polar surface area (TPSA) is 54.7 Å². The molecule has 146 valence electrons. The van der Waals surface area contributed by atoms with Crippen molar-refractivity contribution in [3.05, 3.63) is 58.8 Å². The van der Waals surface area contributed by atoms with E-state index in [0.717, 1.165) is 52.1 Å². The maximum Gasteiger partial charge on any atom is 0.228 e. The number of ether oxygens (including phenoxy) is 1. The molecule has 0 saturated carbocycles. The minimum atomic E-state index is -0.0407. The molecule has 1 fully saturated rings. The summed E-state index contributed by atoms with van der Waals surface area (Å²) < 4.78 is 11.3. The molecule has 4 rings (SSSR count). The normalized spacial score (nSPS) is 14.5. The molecule has 1 saturated heterocycles. The average molecular weight is 378 g/mol. The fourth-order valence-corrected chi connectivity index (χ4v) is 3.94. The second-order valence-corrected chi connectivity index (χ2v) is 7.44. The summed E-state index contributed by atoms with van der Waals surface area (Å²) in [5.74, 6) is -0.0407. The number of hydrogen-bond acceptors (Lipinski definition) is 4. The van der Waals surface area contributed by atoms with Gasteiger partial charge in [-0.1, -0.05) is 18.2 Å². The van der Waals surface area contributed by atoms with E-state index in [0.29, 0.717) is 13.2 Å². The average Bonchev–Trinajstić information content (AvgIpc) is 3.11. The van der Waals surface area contributed by atoms with Gasteiger partial charge in [0.1, 0.15) is 5.58 Å². The maximum absolute atomic E-state index is 12.8. The first-order chi connectivity index (χ1) is 13.5. The Hall–Kier alpha value is -2.79. The lowest BCUT2D eigenvalue weighted by molar-refractivity contribution is -0.115. The summed E-state index contributed by atoms with van der Waals surface area (Å²) in [7, 11) is 0. The highest BCUT2D eigenvalue weighted by atomic mass is 16.5. The molecule has 1 amide bonds. The molecule has 0 radical (unpaired) electrons. The molecule has 1 N–H and O–H groups in total. The molecule has 2 heterocycles. The van der Waals surface area contributed by atoms with Crippen molar-refractivity contribution in [1.82, 2.24) is 0 Å². The number of carbonyl (C=O) groups is 1. The highest BCUT2D eigenvalue weighted by molar-refractivity contribution is 5.98. The first-order valence-corrected chi connectivity index (χ1v) is 9.73. The molecule has 0 bridgehead atoms. The van der Waals surface area contributed by atoms with Crippen LogP contribution in [0.4, 0.5) is 11.4 Å². The largest absolute Gasteiger partial charge is 0.464 e. The molecule has 0 unspecified atom stereocenters. The van der Waals surface area contributed by atoms with Crippen LogP contribution in [0.5, 0.6) is 0 Å². The zero-order chi connectivity index (χ0) is 19.7. The van der Waals surface area contributed by atoms with Gasteiger partial charge in [-0.3, -0.25) is 4.79 Å². The Morgan fingerprint density at radius 1 is 1.11 bits per heavy atom. The van der Waals surface area contributed by atoms with E-state index in [9.17, 15) is 4.79 Å². The third-order valence-electron chi connectivity index (χ3n) is 5.51. The summed E-state index contributed by atoms with van der Waals surface area (Å²) in [4.78, 5) is 15.1. The quantitative estimate of drug-likeness (QED) is 0.732. The molecule has 0 spiro atoms. The smallest absolute Gasteiger partial charge is 0.228 e. The number of benzene rings is 2. The summed E-state index contributed by atoms with van der Waals surface area (Å²) in [6, 6.07) is 10.1. The molecular weight excluding hydrogens is 352 g/mol. The van der Waals surface area contributed by atoms with Crippen molar-refractivity contribution in [3.8, 4) is 0 Å². The number of fused-ring (bicyclic) bond motifs is 1. The summed E-state index contributed by atoms with van der Waals surface area (Å²) in [5, 5.41) is 4.15. The van der Waals surface area contributed by atoms with Crippen molar-refractivity contribution in [2.45, 2.75) is 27.2 Å². The van der Waals surface area contributed by atoms with E-state index in [-0.39, 0.29) is 12.3 Å². The lowest BCUT2D eigenvalue weighted by atomic mass is 9.99. The van der Waals surface area contributed by atoms with Crippen molar-refractivity contribution >= 4 is 28.3 Å². The van der Waals surface area contributed by atoms with Gasteiger partial charge < -0.3 is 19.4 Å². The van der Waals surface area contributed by atoms with Crippen molar-refractivity contribution in [1.29, 1.82) is 0 Å². The standard InChI is InChI=1S/C23H26N2O3/c1-15-12-16(2)22-18(14-28-23(22)17(15)3)13-21(26)24-19-6-4-5-7-20(19)25-8-10-27-11-9-25/h4-7,12,14H,8-11,13H2,1-3H3,(H,24,26). The van der Waals surface area contributed by atoms with Crippen LogP contribution in [0.15, 0.2) is 41.0 Å². The van der Waals surface area contributed by atoms with Gasteiger partial charge in [0, 0.05) is 24.0 Å². The van der Waals surface area contributed by atoms with E-state index in [4.69, 9.17) is 9.15 Å². The fraction of sp³-hybridized carbons (Fsp3) is 0.348. The predicted molar refractivity (Wildman–Crippen MR) is 112 cm³/mol. The van der Waals surface area contributed by atoms with Gasteiger partial charge in [-0.05, 0) is 49.6 Å². The summed E-state index contributed by atoms with van der Waals surface area (Å²) in [6.45, 7) is 9.29. The number of furan rings is 1. The van der Waals surface area contributed by atoms with Gasteiger partial charge in [0.15, 0.2) is 0 Å². The van der Waals surface area contributed by atoms with Crippen LogP contribution in [0, 0.1) is 20.8 Å². The number of nitrogens with one attached hydrogen (secondary N) is 1. The van der Waals surface area contributed by atoms with Crippen LogP contribution < -0.4 is 10.2 Å². The molecule has 1 aliphatic rings. The fourth-order valence-electron chi connectivity index (χ4n) is 3.94. The highest BCUT2D eigenvalue weighted by Gasteiger charge is 2.18. The molecule has 1 aliphatic heterocycles. The third kappa shape index (κ3) is 3.50. The summed E-state index contributed by atoms with van der Waals surface area (Å²) >= 11 is 0. The van der Waals surface area contributed by atoms with Crippen molar-refractivity contribution in [3.63, 3.8) is 0 Å². The maximum atomic E-state index is 12.8. The van der Waals surface area contributed by atoms with Gasteiger partial charge in [0.2, 0.25) is 5.91 Å². The SMILES string of the molecule is Cc1cc(C)c2c(CC(=O)Nc3ccccc3N3CCOCC3)coc2c1C. The van der Waals surface area contributed by atoms with Crippen molar-refractivity contribution in [2.75, 3.05) is 36.5 Å². The van der Waals surface area contributed by atoms with Gasteiger partial charge in [0.25, 0.3) is 0 Å². The number of anilines is 2. The van der Waals surface area contributed by atoms with Gasteiger partial charge in [-0.2, -0.15) is 0 Å². The van der Waals surface area contributed by atoms with E-state index in [1.165, 1.54) is 5.56 Å². The zero-order valence-electron chi connectivity index (χ0n) is 16.7. The van der Waals surface area contributed by atoms with Crippen molar-refractivity contribution in [2.24, 2.45) is 0 Å². The zero-order valence-corrected chi connectivity index (χ0v) is 16.7. The Bertz CT molecular complexity index is 1020. The third-order valence-corrected chi connectivity index (χ3v) is 5.51. The van der Waals surface area contributed by atoms with Crippen LogP contribution >= 0.6 is 0 Å². The van der Waals surface area contributed by atoms with E-state index in [1.54, 1.807) is 6.26 Å².